The Bertz CT molecular complexity index is 1490. The first-order chi connectivity index (χ1) is 18.9. The van der Waals surface area contributed by atoms with Crippen LogP contribution in [0.2, 0.25) is 0 Å². The summed E-state index contributed by atoms with van der Waals surface area (Å²) in [6.07, 6.45) is 3.63. The lowest BCUT2D eigenvalue weighted by atomic mass is 9.97. The van der Waals surface area contributed by atoms with Gasteiger partial charge in [0.25, 0.3) is 0 Å². The zero-order valence-electron chi connectivity index (χ0n) is 22.5. The molecule has 1 aliphatic heterocycles. The number of nitrogens with one attached hydrogen (secondary N) is 1. The van der Waals surface area contributed by atoms with E-state index in [1.165, 1.54) is 12.1 Å². The van der Waals surface area contributed by atoms with Gasteiger partial charge in [-0.05, 0) is 85.5 Å². The number of nitrogens with zero attached hydrogens (tertiary/aromatic N) is 3. The topological polar surface area (TPSA) is 57.6 Å². The Morgan fingerprint density at radius 1 is 0.923 bits per heavy atom. The summed E-state index contributed by atoms with van der Waals surface area (Å²) in [7, 11) is 0. The number of carbonyl (C=O) groups excluding carboxylic acids is 2. The van der Waals surface area contributed by atoms with E-state index in [4.69, 9.17) is 0 Å². The van der Waals surface area contributed by atoms with Crippen molar-refractivity contribution in [3.05, 3.63) is 113 Å². The molecule has 1 N–H and O–H groups in total. The number of para-hydroxylation sites is 2. The Labute approximate surface area is 228 Å². The molecule has 3 amide bonds. The molecule has 4 aromatic rings. The van der Waals surface area contributed by atoms with Crippen molar-refractivity contribution in [2.45, 2.75) is 39.7 Å². The maximum Gasteiger partial charge on any atom is 0.322 e. The minimum absolute atomic E-state index is 0.0938. The highest BCUT2D eigenvalue weighted by Crippen LogP contribution is 2.42. The zero-order chi connectivity index (χ0) is 27.5. The number of hydrogen-bond donors (Lipinski definition) is 1. The van der Waals surface area contributed by atoms with Crippen LogP contribution < -0.4 is 10.2 Å². The Morgan fingerprint density at radius 3 is 2.38 bits per heavy atom. The van der Waals surface area contributed by atoms with Crippen LogP contribution in [-0.4, -0.2) is 34.5 Å². The van der Waals surface area contributed by atoms with Crippen molar-refractivity contribution in [1.82, 2.24) is 9.47 Å². The molecule has 0 fully saturated rings. The third kappa shape index (κ3) is 5.30. The second-order valence-electron chi connectivity index (χ2n) is 10.0. The maximum absolute atomic E-state index is 14.2. The average Bonchev–Trinajstić information content (AvgIpc) is 3.43. The highest BCUT2D eigenvalue weighted by atomic mass is 19.1. The zero-order valence-corrected chi connectivity index (χ0v) is 22.5. The predicted octanol–water partition coefficient (Wildman–Crippen LogP) is 7.00. The van der Waals surface area contributed by atoms with Gasteiger partial charge in [-0.3, -0.25) is 9.69 Å². The molecule has 0 saturated carbocycles. The smallest absolute Gasteiger partial charge is 0.316 e. The van der Waals surface area contributed by atoms with Crippen LogP contribution in [0.4, 0.5) is 20.6 Å². The van der Waals surface area contributed by atoms with Crippen LogP contribution in [0.25, 0.3) is 5.69 Å². The van der Waals surface area contributed by atoms with E-state index in [-0.39, 0.29) is 24.3 Å². The number of hydrogen-bond acceptors (Lipinski definition) is 2. The maximum atomic E-state index is 14.2. The standard InChI is InChI=1S/C32H33FN4O2/c1-4-5-18-35(32(39)34-26-17-12-22(2)23(3)20-26)21-30(38)37-28-10-7-6-9-27(28)36-19-8-11-29(36)31(37)24-13-15-25(33)16-14-24/h6-17,19-20,31H,4-5,18,21H2,1-3H3,(H,34,39). The summed E-state index contributed by atoms with van der Waals surface area (Å²) in [5.41, 5.74) is 6.23. The van der Waals surface area contributed by atoms with Crippen LogP contribution in [0.1, 0.15) is 48.2 Å². The first-order valence-electron chi connectivity index (χ1n) is 13.3. The molecular weight excluding hydrogens is 491 g/mol. The number of benzene rings is 3. The first kappa shape index (κ1) is 26.2. The third-order valence-corrected chi connectivity index (χ3v) is 7.33. The molecule has 200 valence electrons. The molecule has 0 bridgehead atoms. The van der Waals surface area contributed by atoms with E-state index in [9.17, 15) is 14.0 Å². The van der Waals surface area contributed by atoms with Gasteiger partial charge in [-0.2, -0.15) is 0 Å². The van der Waals surface area contributed by atoms with Gasteiger partial charge in [0, 0.05) is 18.4 Å². The lowest BCUT2D eigenvalue weighted by Crippen LogP contribution is -2.48. The fourth-order valence-corrected chi connectivity index (χ4v) is 5.09. The van der Waals surface area contributed by atoms with Gasteiger partial charge in [-0.1, -0.05) is 43.7 Å². The molecule has 0 saturated heterocycles. The summed E-state index contributed by atoms with van der Waals surface area (Å²) < 4.78 is 15.9. The normalized spacial score (nSPS) is 13.9. The number of urea groups is 1. The van der Waals surface area contributed by atoms with Crippen molar-refractivity contribution < 1.29 is 14.0 Å². The predicted molar refractivity (Wildman–Crippen MR) is 153 cm³/mol. The SMILES string of the molecule is CCCCN(CC(=O)N1c2ccccc2-n2cccc2C1c1ccc(F)cc1)C(=O)Nc1ccc(C)c(C)c1. The van der Waals surface area contributed by atoms with E-state index in [2.05, 4.69) is 16.8 Å². The largest absolute Gasteiger partial charge is 0.322 e. The monoisotopic (exact) mass is 524 g/mol. The third-order valence-electron chi connectivity index (χ3n) is 7.33. The molecule has 2 heterocycles. The number of amides is 3. The summed E-state index contributed by atoms with van der Waals surface area (Å²) in [4.78, 5) is 30.9. The Kier molecular flexibility index (Phi) is 7.50. The minimum atomic E-state index is -0.473. The van der Waals surface area contributed by atoms with Crippen molar-refractivity contribution in [3.63, 3.8) is 0 Å². The fraction of sp³-hybridized carbons (Fsp3) is 0.250. The molecule has 0 aliphatic carbocycles. The van der Waals surface area contributed by atoms with Gasteiger partial charge in [0.05, 0.1) is 17.1 Å². The second-order valence-corrected chi connectivity index (χ2v) is 10.0. The quantitative estimate of drug-likeness (QED) is 0.283. The number of aryl methyl sites for hydroxylation is 2. The molecule has 1 aliphatic rings. The van der Waals surface area contributed by atoms with E-state index in [1.54, 1.807) is 21.9 Å². The summed E-state index contributed by atoms with van der Waals surface area (Å²) >= 11 is 0. The molecule has 39 heavy (non-hydrogen) atoms. The summed E-state index contributed by atoms with van der Waals surface area (Å²) in [6.45, 7) is 6.44. The van der Waals surface area contributed by atoms with Gasteiger partial charge >= 0.3 is 6.03 Å². The second kappa shape index (κ2) is 11.2. The number of aromatic nitrogens is 1. The minimum Gasteiger partial charge on any atom is -0.316 e. The Morgan fingerprint density at radius 2 is 1.67 bits per heavy atom. The Hall–Kier alpha value is -4.39. The van der Waals surface area contributed by atoms with Gasteiger partial charge in [0.15, 0.2) is 0 Å². The molecule has 1 atom stereocenters. The van der Waals surface area contributed by atoms with Gasteiger partial charge in [0.2, 0.25) is 5.91 Å². The molecule has 0 spiro atoms. The molecule has 1 unspecified atom stereocenters. The number of rotatable bonds is 7. The lowest BCUT2D eigenvalue weighted by molar-refractivity contribution is -0.119. The van der Waals surface area contributed by atoms with Crippen LogP contribution in [-0.2, 0) is 4.79 Å². The number of anilines is 2. The highest BCUT2D eigenvalue weighted by Gasteiger charge is 2.37. The van der Waals surface area contributed by atoms with Crippen molar-refractivity contribution in [2.75, 3.05) is 23.3 Å². The number of carbonyl (C=O) groups is 2. The fourth-order valence-electron chi connectivity index (χ4n) is 5.09. The van der Waals surface area contributed by atoms with E-state index < -0.39 is 6.04 Å². The average molecular weight is 525 g/mol. The van der Waals surface area contributed by atoms with Crippen LogP contribution >= 0.6 is 0 Å². The van der Waals surface area contributed by atoms with Crippen LogP contribution in [0, 0.1) is 19.7 Å². The molecule has 7 heteroatoms. The highest BCUT2D eigenvalue weighted by molar-refractivity contribution is 6.01. The summed E-state index contributed by atoms with van der Waals surface area (Å²) in [5, 5.41) is 2.98. The van der Waals surface area contributed by atoms with Gasteiger partial charge in [0.1, 0.15) is 18.4 Å². The van der Waals surface area contributed by atoms with Crippen molar-refractivity contribution >= 4 is 23.3 Å². The molecule has 0 radical (unpaired) electrons. The van der Waals surface area contributed by atoms with Crippen molar-refractivity contribution in [1.29, 1.82) is 0 Å². The molecule has 5 rings (SSSR count). The number of halogens is 1. The lowest BCUT2D eigenvalue weighted by Gasteiger charge is -2.39. The Balaban J connectivity index is 1.49. The van der Waals surface area contributed by atoms with E-state index in [0.717, 1.165) is 46.6 Å². The first-order valence-corrected chi connectivity index (χ1v) is 13.3. The molecular formula is C32H33FN4O2. The number of fused-ring (bicyclic) bond motifs is 3. The number of unbranched alkanes of at least 4 members (excludes halogenated alkanes) is 1. The summed E-state index contributed by atoms with van der Waals surface area (Å²) in [5.74, 6) is -0.549. The van der Waals surface area contributed by atoms with Crippen molar-refractivity contribution in [3.8, 4) is 5.69 Å². The van der Waals surface area contributed by atoms with Crippen LogP contribution in [0.3, 0.4) is 0 Å². The van der Waals surface area contributed by atoms with E-state index in [1.807, 2.05) is 74.6 Å². The van der Waals surface area contributed by atoms with Crippen LogP contribution in [0.15, 0.2) is 85.1 Å². The van der Waals surface area contributed by atoms with Gasteiger partial charge in [-0.25, -0.2) is 9.18 Å². The molecule has 3 aromatic carbocycles. The van der Waals surface area contributed by atoms with Crippen LogP contribution in [0.5, 0.6) is 0 Å². The molecule has 1 aromatic heterocycles. The van der Waals surface area contributed by atoms with E-state index >= 15 is 0 Å². The van der Waals surface area contributed by atoms with Gasteiger partial charge < -0.3 is 14.8 Å². The van der Waals surface area contributed by atoms with E-state index in [0.29, 0.717) is 12.2 Å². The van der Waals surface area contributed by atoms with Crippen molar-refractivity contribution in [2.24, 2.45) is 0 Å². The van der Waals surface area contributed by atoms with Gasteiger partial charge in [-0.15, -0.1) is 0 Å². The molecule has 6 nitrogen and oxygen atoms in total. The summed E-state index contributed by atoms with van der Waals surface area (Å²) in [6, 6.07) is 22.9.